The third-order valence-electron chi connectivity index (χ3n) is 5.14. The van der Waals surface area contributed by atoms with Gasteiger partial charge in [-0.1, -0.05) is 18.2 Å². The second-order valence-corrected chi connectivity index (χ2v) is 6.71. The van der Waals surface area contributed by atoms with Crippen LogP contribution in [0.2, 0.25) is 0 Å². The van der Waals surface area contributed by atoms with Crippen LogP contribution in [0.25, 0.3) is 11.1 Å². The molecule has 3 rings (SSSR count). The van der Waals surface area contributed by atoms with Gasteiger partial charge in [-0.25, -0.2) is 0 Å². The predicted molar refractivity (Wildman–Crippen MR) is 107 cm³/mol. The molecule has 0 radical (unpaired) electrons. The zero-order chi connectivity index (χ0) is 20.1. The van der Waals surface area contributed by atoms with Gasteiger partial charge in [-0.3, -0.25) is 4.79 Å². The van der Waals surface area contributed by atoms with Crippen LogP contribution in [0.3, 0.4) is 0 Å². The zero-order valence-electron chi connectivity index (χ0n) is 16.9. The van der Waals surface area contributed by atoms with Crippen LogP contribution in [0, 0.1) is 0 Å². The number of para-hydroxylation sites is 1. The molecule has 1 aliphatic rings. The molecule has 2 aromatic carbocycles. The predicted octanol–water partition coefficient (Wildman–Crippen LogP) is 3.63. The molecule has 0 aliphatic carbocycles. The number of rotatable bonds is 7. The fourth-order valence-electron chi connectivity index (χ4n) is 3.78. The van der Waals surface area contributed by atoms with Gasteiger partial charge < -0.3 is 23.8 Å². The highest BCUT2D eigenvalue weighted by Gasteiger charge is 2.31. The Hall–Kier alpha value is -2.73. The second kappa shape index (κ2) is 8.97. The lowest BCUT2D eigenvalue weighted by Gasteiger charge is -2.25. The van der Waals surface area contributed by atoms with Gasteiger partial charge in [0.2, 0.25) is 0 Å². The number of carbonyl (C=O) groups is 1. The summed E-state index contributed by atoms with van der Waals surface area (Å²) in [6.07, 6.45) is 1.93. The Balaban J connectivity index is 2.03. The molecule has 1 atom stereocenters. The average Bonchev–Trinajstić information content (AvgIpc) is 3.20. The number of likely N-dealkylation sites (tertiary alicyclic amines) is 1. The van der Waals surface area contributed by atoms with E-state index in [4.69, 9.17) is 18.9 Å². The fraction of sp³-hybridized carbons (Fsp3) is 0.409. The third kappa shape index (κ3) is 3.78. The highest BCUT2D eigenvalue weighted by molar-refractivity contribution is 5.99. The van der Waals surface area contributed by atoms with Crippen LogP contribution < -0.4 is 14.2 Å². The number of carbonyl (C=O) groups excluding carboxylic acids is 1. The smallest absolute Gasteiger partial charge is 0.257 e. The normalized spacial score (nSPS) is 16.1. The van der Waals surface area contributed by atoms with E-state index in [1.54, 1.807) is 28.4 Å². The van der Waals surface area contributed by atoms with Crippen molar-refractivity contribution in [3.63, 3.8) is 0 Å². The molecule has 6 nitrogen and oxygen atoms in total. The Morgan fingerprint density at radius 2 is 1.82 bits per heavy atom. The number of hydrogen-bond acceptors (Lipinski definition) is 5. The molecular formula is C22H27NO5. The molecule has 150 valence electrons. The van der Waals surface area contributed by atoms with Crippen molar-refractivity contribution in [3.8, 4) is 28.4 Å². The summed E-state index contributed by atoms with van der Waals surface area (Å²) in [5.41, 5.74) is 2.25. The molecule has 1 aliphatic heterocycles. The lowest BCUT2D eigenvalue weighted by Crippen LogP contribution is -2.38. The maximum absolute atomic E-state index is 13.3. The molecule has 0 spiro atoms. The van der Waals surface area contributed by atoms with Crippen molar-refractivity contribution in [2.75, 3.05) is 41.6 Å². The van der Waals surface area contributed by atoms with E-state index in [1.165, 1.54) is 0 Å². The molecule has 0 N–H and O–H groups in total. The van der Waals surface area contributed by atoms with Crippen LogP contribution in [0.5, 0.6) is 17.2 Å². The molecule has 0 bridgehead atoms. The van der Waals surface area contributed by atoms with Crippen molar-refractivity contribution in [2.24, 2.45) is 0 Å². The Morgan fingerprint density at radius 1 is 1.04 bits per heavy atom. The summed E-state index contributed by atoms with van der Waals surface area (Å²) in [7, 11) is 6.45. The zero-order valence-corrected chi connectivity index (χ0v) is 16.9. The fourth-order valence-corrected chi connectivity index (χ4v) is 3.78. The summed E-state index contributed by atoms with van der Waals surface area (Å²) in [4.78, 5) is 15.2. The third-order valence-corrected chi connectivity index (χ3v) is 5.14. The van der Waals surface area contributed by atoms with Crippen LogP contribution in [-0.4, -0.2) is 58.4 Å². The number of benzene rings is 2. The van der Waals surface area contributed by atoms with E-state index in [2.05, 4.69) is 0 Å². The molecular weight excluding hydrogens is 358 g/mol. The van der Waals surface area contributed by atoms with E-state index in [9.17, 15) is 4.79 Å². The number of ether oxygens (including phenoxy) is 4. The van der Waals surface area contributed by atoms with Crippen LogP contribution >= 0.6 is 0 Å². The van der Waals surface area contributed by atoms with Crippen molar-refractivity contribution in [2.45, 2.75) is 18.9 Å². The molecule has 2 aromatic rings. The first kappa shape index (κ1) is 20.0. The SMILES string of the molecule is COC[C@@H]1CCCN1C(=O)c1cc(-c2cccc(OC)c2OC)ccc1OC. The van der Waals surface area contributed by atoms with Crippen molar-refractivity contribution in [1.82, 2.24) is 4.90 Å². The van der Waals surface area contributed by atoms with Crippen LogP contribution in [0.1, 0.15) is 23.2 Å². The topological polar surface area (TPSA) is 57.2 Å². The molecule has 1 amide bonds. The van der Waals surface area contributed by atoms with Gasteiger partial charge in [-0.2, -0.15) is 0 Å². The average molecular weight is 385 g/mol. The first-order chi connectivity index (χ1) is 13.6. The lowest BCUT2D eigenvalue weighted by molar-refractivity contribution is 0.0627. The van der Waals surface area contributed by atoms with Gasteiger partial charge in [0.05, 0.1) is 39.5 Å². The Kier molecular flexibility index (Phi) is 6.41. The van der Waals surface area contributed by atoms with E-state index in [0.29, 0.717) is 29.4 Å². The van der Waals surface area contributed by atoms with Crippen LogP contribution in [0.15, 0.2) is 36.4 Å². The summed E-state index contributed by atoms with van der Waals surface area (Å²) >= 11 is 0. The van der Waals surface area contributed by atoms with Crippen molar-refractivity contribution >= 4 is 5.91 Å². The quantitative estimate of drug-likeness (QED) is 0.728. The van der Waals surface area contributed by atoms with E-state index in [1.807, 2.05) is 41.3 Å². The van der Waals surface area contributed by atoms with Gasteiger partial charge in [0.15, 0.2) is 11.5 Å². The van der Waals surface area contributed by atoms with E-state index in [-0.39, 0.29) is 11.9 Å². The number of methoxy groups -OCH3 is 4. The number of hydrogen-bond donors (Lipinski definition) is 0. The largest absolute Gasteiger partial charge is 0.496 e. The molecule has 0 unspecified atom stereocenters. The van der Waals surface area contributed by atoms with Crippen LogP contribution in [0.4, 0.5) is 0 Å². The summed E-state index contributed by atoms with van der Waals surface area (Å²) in [6, 6.07) is 11.4. The van der Waals surface area contributed by atoms with Gasteiger partial charge in [0.1, 0.15) is 5.75 Å². The Labute approximate surface area is 166 Å². The summed E-state index contributed by atoms with van der Waals surface area (Å²) in [6.45, 7) is 1.26. The first-order valence-corrected chi connectivity index (χ1v) is 9.33. The van der Waals surface area contributed by atoms with Gasteiger partial charge in [0, 0.05) is 19.2 Å². The molecule has 1 saturated heterocycles. The van der Waals surface area contributed by atoms with Gasteiger partial charge in [-0.15, -0.1) is 0 Å². The molecule has 1 fully saturated rings. The van der Waals surface area contributed by atoms with Gasteiger partial charge in [-0.05, 0) is 36.6 Å². The monoisotopic (exact) mass is 385 g/mol. The molecule has 0 saturated carbocycles. The first-order valence-electron chi connectivity index (χ1n) is 9.33. The van der Waals surface area contributed by atoms with Gasteiger partial charge >= 0.3 is 0 Å². The lowest BCUT2D eigenvalue weighted by atomic mass is 10.00. The van der Waals surface area contributed by atoms with Crippen molar-refractivity contribution in [3.05, 3.63) is 42.0 Å². The highest BCUT2D eigenvalue weighted by Crippen LogP contribution is 2.39. The standard InChI is InChI=1S/C22H27NO5/c1-25-14-16-7-6-12-23(16)22(24)18-13-15(10-11-19(18)26-2)17-8-5-9-20(27-3)21(17)28-4/h5,8-11,13,16H,6-7,12,14H2,1-4H3/t16-/m0/s1. The van der Waals surface area contributed by atoms with Crippen molar-refractivity contribution in [1.29, 1.82) is 0 Å². The maximum Gasteiger partial charge on any atom is 0.257 e. The minimum atomic E-state index is -0.0416. The number of amides is 1. The maximum atomic E-state index is 13.3. The summed E-state index contributed by atoms with van der Waals surface area (Å²) in [5, 5.41) is 0. The second-order valence-electron chi connectivity index (χ2n) is 6.71. The minimum Gasteiger partial charge on any atom is -0.496 e. The van der Waals surface area contributed by atoms with Crippen LogP contribution in [-0.2, 0) is 4.74 Å². The van der Waals surface area contributed by atoms with Crippen molar-refractivity contribution < 1.29 is 23.7 Å². The summed E-state index contributed by atoms with van der Waals surface area (Å²) in [5.74, 6) is 1.79. The number of nitrogens with zero attached hydrogens (tertiary/aromatic N) is 1. The molecule has 1 heterocycles. The molecule has 0 aromatic heterocycles. The summed E-state index contributed by atoms with van der Waals surface area (Å²) < 4.78 is 21.7. The highest BCUT2D eigenvalue weighted by atomic mass is 16.5. The van der Waals surface area contributed by atoms with E-state index < -0.39 is 0 Å². The molecule has 28 heavy (non-hydrogen) atoms. The van der Waals surface area contributed by atoms with E-state index in [0.717, 1.165) is 30.5 Å². The Morgan fingerprint density at radius 3 is 2.50 bits per heavy atom. The molecule has 6 heteroatoms. The Bertz CT molecular complexity index is 836. The minimum absolute atomic E-state index is 0.0416. The van der Waals surface area contributed by atoms with Gasteiger partial charge in [0.25, 0.3) is 5.91 Å². The van der Waals surface area contributed by atoms with E-state index >= 15 is 0 Å².